The molecule has 2 aromatic rings. The lowest BCUT2D eigenvalue weighted by atomic mass is 9.79. The van der Waals surface area contributed by atoms with Crippen molar-refractivity contribution in [1.29, 1.82) is 0 Å². The average molecular weight is 427 g/mol. The first kappa shape index (κ1) is 21.5. The molecule has 2 aliphatic rings. The van der Waals surface area contributed by atoms with Crippen molar-refractivity contribution in [2.24, 2.45) is 5.41 Å². The summed E-state index contributed by atoms with van der Waals surface area (Å²) >= 11 is 0. The van der Waals surface area contributed by atoms with Crippen LogP contribution in [0.4, 0.5) is 5.69 Å². The molecule has 166 valence electrons. The van der Waals surface area contributed by atoms with Gasteiger partial charge in [-0.15, -0.1) is 0 Å². The monoisotopic (exact) mass is 426 g/mol. The highest BCUT2D eigenvalue weighted by atomic mass is 16.4. The van der Waals surface area contributed by atoms with Crippen LogP contribution in [0.25, 0.3) is 11.0 Å². The summed E-state index contributed by atoms with van der Waals surface area (Å²) < 4.78 is 0. The lowest BCUT2D eigenvalue weighted by Crippen LogP contribution is -2.46. The van der Waals surface area contributed by atoms with Crippen molar-refractivity contribution in [2.75, 3.05) is 31.6 Å². The summed E-state index contributed by atoms with van der Waals surface area (Å²) in [7, 11) is 1.70. The molecule has 1 aliphatic carbocycles. The molecule has 1 saturated heterocycles. The van der Waals surface area contributed by atoms with Gasteiger partial charge in [0.05, 0.1) is 24.2 Å². The van der Waals surface area contributed by atoms with Gasteiger partial charge in [-0.3, -0.25) is 19.6 Å². The van der Waals surface area contributed by atoms with Crippen molar-refractivity contribution in [2.45, 2.75) is 50.5 Å². The van der Waals surface area contributed by atoms with E-state index in [2.05, 4.69) is 14.9 Å². The van der Waals surface area contributed by atoms with E-state index in [0.717, 1.165) is 42.4 Å². The summed E-state index contributed by atoms with van der Waals surface area (Å²) in [5, 5.41) is 20.5. The molecule has 2 N–H and O–H groups in total. The van der Waals surface area contributed by atoms with Crippen LogP contribution in [0, 0.1) is 5.41 Å². The number of carboxylic acids is 1. The molecule has 0 bridgehead atoms. The van der Waals surface area contributed by atoms with Crippen LogP contribution in [-0.4, -0.2) is 69.2 Å². The fourth-order valence-electron chi connectivity index (χ4n) is 5.26. The Bertz CT molecular complexity index is 970. The first-order chi connectivity index (χ1) is 14.8. The Kier molecular flexibility index (Phi) is 5.83. The van der Waals surface area contributed by atoms with E-state index < -0.39 is 17.0 Å². The number of aromatic nitrogens is 2. The zero-order valence-corrected chi connectivity index (χ0v) is 18.0. The van der Waals surface area contributed by atoms with Crippen LogP contribution in [-0.2, 0) is 9.59 Å². The molecule has 8 heteroatoms. The van der Waals surface area contributed by atoms with Gasteiger partial charge >= 0.3 is 5.97 Å². The molecule has 3 heterocycles. The number of hydrogen-bond donors (Lipinski definition) is 2. The number of carbonyl (C=O) groups excluding carboxylic acids is 1. The third-order valence-electron chi connectivity index (χ3n) is 6.82. The van der Waals surface area contributed by atoms with Crippen molar-refractivity contribution in [1.82, 2.24) is 14.9 Å². The second-order valence-corrected chi connectivity index (χ2v) is 9.30. The number of fused-ring (bicyclic) bond motifs is 1. The minimum Gasteiger partial charge on any atom is -0.481 e. The maximum atomic E-state index is 12.9. The molecule has 0 aromatic carbocycles. The molecule has 1 aliphatic heterocycles. The van der Waals surface area contributed by atoms with Crippen LogP contribution in [0.5, 0.6) is 0 Å². The van der Waals surface area contributed by atoms with E-state index in [9.17, 15) is 19.8 Å². The highest BCUT2D eigenvalue weighted by Gasteiger charge is 2.42. The number of hydrogen-bond acceptors (Lipinski definition) is 6. The predicted octanol–water partition coefficient (Wildman–Crippen LogP) is 2.45. The minimum absolute atomic E-state index is 0.0345. The third kappa shape index (κ3) is 4.63. The second-order valence-electron chi connectivity index (χ2n) is 9.30. The van der Waals surface area contributed by atoms with Gasteiger partial charge < -0.3 is 20.0 Å². The Morgan fingerprint density at radius 3 is 2.65 bits per heavy atom. The quantitative estimate of drug-likeness (QED) is 0.700. The van der Waals surface area contributed by atoms with E-state index in [1.54, 1.807) is 24.3 Å². The number of aliphatic hydroxyl groups is 1. The third-order valence-corrected chi connectivity index (χ3v) is 6.82. The minimum atomic E-state index is -1.02. The average Bonchev–Trinajstić information content (AvgIpc) is 3.33. The molecule has 1 saturated carbocycles. The molecule has 8 nitrogen and oxygen atoms in total. The Labute approximate surface area is 181 Å². The normalized spacial score (nSPS) is 22.7. The van der Waals surface area contributed by atoms with Crippen LogP contribution in [0.3, 0.4) is 0 Å². The molecule has 4 rings (SSSR count). The van der Waals surface area contributed by atoms with Gasteiger partial charge in [-0.25, -0.2) is 0 Å². The van der Waals surface area contributed by atoms with Crippen LogP contribution in [0.2, 0.25) is 0 Å². The number of nitrogens with zero attached hydrogens (tertiary/aromatic N) is 4. The molecule has 1 atom stereocenters. The fraction of sp³-hybridized carbons (Fsp3) is 0.565. The van der Waals surface area contributed by atoms with Gasteiger partial charge in [-0.1, -0.05) is 12.8 Å². The van der Waals surface area contributed by atoms with Crippen LogP contribution < -0.4 is 4.90 Å². The lowest BCUT2D eigenvalue weighted by Gasteiger charge is -2.33. The van der Waals surface area contributed by atoms with Crippen LogP contribution in [0.1, 0.15) is 44.9 Å². The van der Waals surface area contributed by atoms with Gasteiger partial charge in [0.1, 0.15) is 11.1 Å². The molecular formula is C23H30N4O4. The van der Waals surface area contributed by atoms with Gasteiger partial charge in [0, 0.05) is 39.0 Å². The summed E-state index contributed by atoms with van der Waals surface area (Å²) in [6.45, 7) is 1.29. The number of carbonyl (C=O) groups is 2. The Balaban J connectivity index is 1.42. The van der Waals surface area contributed by atoms with Crippen molar-refractivity contribution < 1.29 is 19.8 Å². The lowest BCUT2D eigenvalue weighted by molar-refractivity contribution is -0.142. The van der Waals surface area contributed by atoms with Gasteiger partial charge in [0.2, 0.25) is 5.91 Å². The van der Waals surface area contributed by atoms with Gasteiger partial charge in [-0.2, -0.15) is 0 Å². The Morgan fingerprint density at radius 1 is 1.13 bits per heavy atom. The van der Waals surface area contributed by atoms with E-state index in [0.29, 0.717) is 19.5 Å². The molecule has 0 radical (unpaired) electrons. The van der Waals surface area contributed by atoms with Gasteiger partial charge in [0.25, 0.3) is 0 Å². The molecule has 2 aromatic heterocycles. The predicted molar refractivity (Wildman–Crippen MR) is 117 cm³/mol. The van der Waals surface area contributed by atoms with E-state index in [4.69, 9.17) is 0 Å². The maximum absolute atomic E-state index is 12.9. The largest absolute Gasteiger partial charge is 0.481 e. The van der Waals surface area contributed by atoms with Crippen molar-refractivity contribution in [3.05, 3.63) is 30.6 Å². The molecule has 0 unspecified atom stereocenters. The molecular weight excluding hydrogens is 396 g/mol. The zero-order valence-electron chi connectivity index (χ0n) is 18.0. The summed E-state index contributed by atoms with van der Waals surface area (Å²) in [6.07, 6.45) is 7.78. The van der Waals surface area contributed by atoms with E-state index >= 15 is 0 Å². The van der Waals surface area contributed by atoms with E-state index in [1.165, 1.54) is 0 Å². The number of rotatable bonds is 7. The maximum Gasteiger partial charge on any atom is 0.303 e. The number of β-amino-alcohol motifs (C(OH)–C–C–N with tert-alkyl or cyclic N) is 1. The number of likely N-dealkylation sites (N-methyl/N-ethyl adjacent to an activating group) is 1. The Morgan fingerprint density at radius 2 is 1.90 bits per heavy atom. The van der Waals surface area contributed by atoms with Crippen molar-refractivity contribution >= 4 is 28.6 Å². The number of aliphatic carboxylic acids is 1. The van der Waals surface area contributed by atoms with E-state index in [-0.39, 0.29) is 25.3 Å². The highest BCUT2D eigenvalue weighted by Crippen LogP contribution is 2.44. The smallest absolute Gasteiger partial charge is 0.303 e. The number of pyridine rings is 2. The van der Waals surface area contributed by atoms with Crippen LogP contribution >= 0.6 is 0 Å². The van der Waals surface area contributed by atoms with Crippen molar-refractivity contribution in [3.8, 4) is 0 Å². The molecule has 1 amide bonds. The standard InChI is InChI=1S/C23H30N4O4/c1-26(19(28)13-22(14-20(29)30)7-2-3-8-22)15-23(31)9-12-27(16-23)18-6-11-24-17-5-4-10-25-21(17)18/h4-6,10-11,31H,2-3,7-9,12-16H2,1H3,(H,29,30)/t23-/m1/s1. The first-order valence-corrected chi connectivity index (χ1v) is 10.9. The first-order valence-electron chi connectivity index (χ1n) is 10.9. The Hall–Kier alpha value is -2.74. The fourth-order valence-corrected chi connectivity index (χ4v) is 5.26. The number of amides is 1. The second kappa shape index (κ2) is 8.42. The SMILES string of the molecule is CN(C[C@]1(O)CCN(c2ccnc3cccnc23)C1)C(=O)CC1(CC(=O)O)CCCC1. The summed E-state index contributed by atoms with van der Waals surface area (Å²) in [5.74, 6) is -0.938. The van der Waals surface area contributed by atoms with Crippen molar-refractivity contribution in [3.63, 3.8) is 0 Å². The number of anilines is 1. The summed E-state index contributed by atoms with van der Waals surface area (Å²) in [6, 6.07) is 5.67. The zero-order chi connectivity index (χ0) is 22.1. The highest BCUT2D eigenvalue weighted by molar-refractivity contribution is 5.87. The summed E-state index contributed by atoms with van der Waals surface area (Å²) in [5.41, 5.74) is 1.08. The molecule has 0 spiro atoms. The number of carboxylic acid groups (broad SMARTS) is 1. The van der Waals surface area contributed by atoms with Gasteiger partial charge in [-0.05, 0) is 42.9 Å². The van der Waals surface area contributed by atoms with Crippen LogP contribution in [0.15, 0.2) is 30.6 Å². The van der Waals surface area contributed by atoms with Gasteiger partial charge in [0.15, 0.2) is 0 Å². The van der Waals surface area contributed by atoms with E-state index in [1.807, 2.05) is 18.2 Å². The summed E-state index contributed by atoms with van der Waals surface area (Å²) in [4.78, 5) is 36.7. The topological polar surface area (TPSA) is 107 Å². The molecule has 2 fully saturated rings. The molecule has 31 heavy (non-hydrogen) atoms.